The van der Waals surface area contributed by atoms with E-state index < -0.39 is 17.9 Å². The van der Waals surface area contributed by atoms with Crippen molar-refractivity contribution >= 4 is 5.97 Å². The summed E-state index contributed by atoms with van der Waals surface area (Å²) in [5, 5.41) is 0. The standard InChI is InChI=1S/C13H13FO2/c1-2-6-10-11(14)12(16-13(10)15)9-7-4-3-5-8-9/h3-5,7-8,12H,2,6H2,1H3. The Morgan fingerprint density at radius 1 is 1.31 bits per heavy atom. The highest BCUT2D eigenvalue weighted by Crippen LogP contribution is 2.37. The molecule has 0 spiro atoms. The van der Waals surface area contributed by atoms with E-state index in [1.54, 1.807) is 24.3 Å². The number of carbonyl (C=O) groups excluding carboxylic acids is 1. The lowest BCUT2D eigenvalue weighted by molar-refractivity contribution is -0.140. The van der Waals surface area contributed by atoms with Crippen LogP contribution >= 0.6 is 0 Å². The second kappa shape index (κ2) is 4.47. The van der Waals surface area contributed by atoms with Gasteiger partial charge in [-0.05, 0) is 12.0 Å². The van der Waals surface area contributed by atoms with Crippen LogP contribution in [0.15, 0.2) is 41.7 Å². The Morgan fingerprint density at radius 2 is 2.00 bits per heavy atom. The molecule has 1 aliphatic heterocycles. The SMILES string of the molecule is CCCC1=C(F)C(c2ccccc2)OC1=O. The molecule has 0 radical (unpaired) electrons. The molecule has 0 saturated heterocycles. The molecule has 16 heavy (non-hydrogen) atoms. The third-order valence-electron chi connectivity index (χ3n) is 2.59. The van der Waals surface area contributed by atoms with Crippen molar-refractivity contribution in [3.8, 4) is 0 Å². The Bertz CT molecular complexity index is 423. The molecule has 2 rings (SSSR count). The lowest BCUT2D eigenvalue weighted by atomic mass is 10.1. The van der Waals surface area contributed by atoms with Crippen molar-refractivity contribution in [3.05, 3.63) is 47.3 Å². The quantitative estimate of drug-likeness (QED) is 0.730. The molecule has 1 aromatic carbocycles. The summed E-state index contributed by atoms with van der Waals surface area (Å²) in [4.78, 5) is 11.4. The van der Waals surface area contributed by atoms with E-state index in [2.05, 4.69) is 0 Å². The molecule has 0 aliphatic carbocycles. The van der Waals surface area contributed by atoms with Crippen molar-refractivity contribution in [2.24, 2.45) is 0 Å². The van der Waals surface area contributed by atoms with Gasteiger partial charge in [-0.25, -0.2) is 9.18 Å². The Morgan fingerprint density at radius 3 is 2.62 bits per heavy atom. The third-order valence-corrected chi connectivity index (χ3v) is 2.59. The van der Waals surface area contributed by atoms with E-state index in [9.17, 15) is 9.18 Å². The minimum absolute atomic E-state index is 0.191. The van der Waals surface area contributed by atoms with Gasteiger partial charge in [0.2, 0.25) is 0 Å². The number of cyclic esters (lactones) is 1. The first-order valence-electron chi connectivity index (χ1n) is 5.38. The second-order valence-corrected chi connectivity index (χ2v) is 3.77. The minimum Gasteiger partial charge on any atom is -0.447 e. The average Bonchev–Trinajstić information content (AvgIpc) is 2.59. The summed E-state index contributed by atoms with van der Waals surface area (Å²) in [5.41, 5.74) is 0.871. The minimum atomic E-state index is -0.838. The van der Waals surface area contributed by atoms with Crippen molar-refractivity contribution in [1.82, 2.24) is 0 Å². The molecule has 3 heteroatoms. The number of hydrogen-bond donors (Lipinski definition) is 0. The van der Waals surface area contributed by atoms with E-state index in [0.717, 1.165) is 6.42 Å². The number of rotatable bonds is 3. The van der Waals surface area contributed by atoms with Gasteiger partial charge in [0.25, 0.3) is 0 Å². The number of esters is 1. The van der Waals surface area contributed by atoms with E-state index >= 15 is 0 Å². The van der Waals surface area contributed by atoms with Gasteiger partial charge in [0.1, 0.15) is 0 Å². The second-order valence-electron chi connectivity index (χ2n) is 3.77. The third kappa shape index (κ3) is 1.85. The summed E-state index contributed by atoms with van der Waals surface area (Å²) < 4.78 is 18.9. The fourth-order valence-electron chi connectivity index (χ4n) is 1.80. The monoisotopic (exact) mass is 220 g/mol. The van der Waals surface area contributed by atoms with Gasteiger partial charge in [-0.3, -0.25) is 0 Å². The lowest BCUT2D eigenvalue weighted by Crippen LogP contribution is -2.02. The molecule has 0 bridgehead atoms. The van der Waals surface area contributed by atoms with E-state index in [4.69, 9.17) is 4.74 Å². The molecule has 1 aliphatic rings. The van der Waals surface area contributed by atoms with E-state index in [1.165, 1.54) is 0 Å². The van der Waals surface area contributed by atoms with Gasteiger partial charge in [0, 0.05) is 0 Å². The van der Waals surface area contributed by atoms with Gasteiger partial charge >= 0.3 is 5.97 Å². The highest BCUT2D eigenvalue weighted by molar-refractivity contribution is 5.91. The van der Waals surface area contributed by atoms with Crippen LogP contribution in [0.5, 0.6) is 0 Å². The van der Waals surface area contributed by atoms with Gasteiger partial charge in [-0.15, -0.1) is 0 Å². The molecule has 2 nitrogen and oxygen atoms in total. The summed E-state index contributed by atoms with van der Waals surface area (Å²) in [7, 11) is 0. The fraction of sp³-hybridized carbons (Fsp3) is 0.308. The topological polar surface area (TPSA) is 26.3 Å². The van der Waals surface area contributed by atoms with E-state index in [0.29, 0.717) is 12.0 Å². The first-order chi connectivity index (χ1) is 7.74. The van der Waals surface area contributed by atoms with Crippen molar-refractivity contribution in [1.29, 1.82) is 0 Å². The zero-order valence-corrected chi connectivity index (χ0v) is 9.07. The van der Waals surface area contributed by atoms with Gasteiger partial charge in [0.15, 0.2) is 11.9 Å². The van der Waals surface area contributed by atoms with E-state index in [-0.39, 0.29) is 5.57 Å². The highest BCUT2D eigenvalue weighted by Gasteiger charge is 2.34. The molecule has 1 heterocycles. The van der Waals surface area contributed by atoms with Crippen LogP contribution in [0.25, 0.3) is 0 Å². The molecule has 1 unspecified atom stereocenters. The van der Waals surface area contributed by atoms with E-state index in [1.807, 2.05) is 13.0 Å². The first-order valence-corrected chi connectivity index (χ1v) is 5.38. The average molecular weight is 220 g/mol. The first kappa shape index (κ1) is 10.9. The van der Waals surface area contributed by atoms with Crippen molar-refractivity contribution in [2.75, 3.05) is 0 Å². The molecule has 0 aromatic heterocycles. The maximum atomic E-state index is 13.9. The number of halogens is 1. The summed E-state index contributed by atoms with van der Waals surface area (Å²) in [6, 6.07) is 8.95. The van der Waals surface area contributed by atoms with Crippen molar-refractivity contribution < 1.29 is 13.9 Å². The molecule has 0 N–H and O–H groups in total. The Hall–Kier alpha value is -1.64. The maximum Gasteiger partial charge on any atom is 0.337 e. The van der Waals surface area contributed by atoms with Crippen LogP contribution in [-0.4, -0.2) is 5.97 Å². The molecule has 1 atom stereocenters. The maximum absolute atomic E-state index is 13.9. The van der Waals surface area contributed by atoms with Crippen LogP contribution in [0, 0.1) is 0 Å². The molecule has 0 fully saturated rings. The Labute approximate surface area is 93.7 Å². The van der Waals surface area contributed by atoms with Crippen LogP contribution in [0.2, 0.25) is 0 Å². The summed E-state index contributed by atoms with van der Waals surface area (Å²) >= 11 is 0. The zero-order chi connectivity index (χ0) is 11.5. The Kier molecular flexibility index (Phi) is 3.04. The summed E-state index contributed by atoms with van der Waals surface area (Å²) in [6.45, 7) is 1.91. The predicted molar refractivity (Wildman–Crippen MR) is 58.3 cm³/mol. The largest absolute Gasteiger partial charge is 0.447 e. The van der Waals surface area contributed by atoms with Crippen molar-refractivity contribution in [3.63, 3.8) is 0 Å². The summed E-state index contributed by atoms with van der Waals surface area (Å²) in [6.07, 6.45) is 0.336. The Balaban J connectivity index is 2.30. The van der Waals surface area contributed by atoms with Crippen LogP contribution in [0.3, 0.4) is 0 Å². The van der Waals surface area contributed by atoms with Gasteiger partial charge in [-0.2, -0.15) is 0 Å². The molecule has 1 aromatic rings. The fourth-order valence-corrected chi connectivity index (χ4v) is 1.80. The van der Waals surface area contributed by atoms with Crippen LogP contribution < -0.4 is 0 Å². The summed E-state index contributed by atoms with van der Waals surface area (Å²) in [5.74, 6) is -0.953. The number of carbonyl (C=O) groups is 1. The smallest absolute Gasteiger partial charge is 0.337 e. The van der Waals surface area contributed by atoms with Gasteiger partial charge < -0.3 is 4.74 Å². The van der Waals surface area contributed by atoms with Crippen LogP contribution in [0.4, 0.5) is 4.39 Å². The van der Waals surface area contributed by atoms with Crippen LogP contribution in [0.1, 0.15) is 31.4 Å². The number of benzene rings is 1. The van der Waals surface area contributed by atoms with Gasteiger partial charge in [-0.1, -0.05) is 43.7 Å². The van der Waals surface area contributed by atoms with Crippen LogP contribution in [-0.2, 0) is 9.53 Å². The van der Waals surface area contributed by atoms with Crippen molar-refractivity contribution in [2.45, 2.75) is 25.9 Å². The number of ether oxygens (including phenoxy) is 1. The molecule has 84 valence electrons. The normalized spacial score (nSPS) is 20.1. The number of hydrogen-bond acceptors (Lipinski definition) is 2. The molecular weight excluding hydrogens is 207 g/mol. The zero-order valence-electron chi connectivity index (χ0n) is 9.07. The van der Waals surface area contributed by atoms with Gasteiger partial charge in [0.05, 0.1) is 5.57 Å². The lowest BCUT2D eigenvalue weighted by Gasteiger charge is -2.08. The molecule has 0 amide bonds. The molecular formula is C13H13FO2. The molecule has 0 saturated carbocycles. The predicted octanol–water partition coefficient (Wildman–Crippen LogP) is 3.31. The highest BCUT2D eigenvalue weighted by atomic mass is 19.1.